The van der Waals surface area contributed by atoms with Gasteiger partial charge in [-0.05, 0) is 18.3 Å². The topological polar surface area (TPSA) is 66.4 Å². The van der Waals surface area contributed by atoms with Crippen LogP contribution in [0, 0.1) is 17.3 Å². The number of carbonyl (C=O) groups is 2. The molecule has 0 aliphatic heterocycles. The number of carboxylic acids is 1. The Bertz CT molecular complexity index is 243. The molecule has 15 heavy (non-hydrogen) atoms. The number of hydrogen-bond acceptors (Lipinski definition) is 2. The van der Waals surface area contributed by atoms with E-state index in [1.165, 1.54) is 6.92 Å². The van der Waals surface area contributed by atoms with Gasteiger partial charge in [-0.1, -0.05) is 27.7 Å². The summed E-state index contributed by atoms with van der Waals surface area (Å²) in [6.45, 7) is 10.2. The Labute approximate surface area is 91.1 Å². The Morgan fingerprint density at radius 3 is 2.07 bits per heavy atom. The highest BCUT2D eigenvalue weighted by Crippen LogP contribution is 2.24. The fourth-order valence-corrected chi connectivity index (χ4v) is 0.825. The molecular weight excluding hydrogens is 194 g/mol. The molecule has 0 radical (unpaired) electrons. The third kappa shape index (κ3) is 4.81. The average molecular weight is 215 g/mol. The summed E-state index contributed by atoms with van der Waals surface area (Å²) in [6, 6.07) is 0. The van der Waals surface area contributed by atoms with Crippen molar-refractivity contribution in [2.75, 3.05) is 6.54 Å². The molecule has 0 aliphatic carbocycles. The van der Waals surface area contributed by atoms with Crippen molar-refractivity contribution < 1.29 is 14.7 Å². The summed E-state index contributed by atoms with van der Waals surface area (Å²) >= 11 is 0. The molecule has 0 saturated heterocycles. The van der Waals surface area contributed by atoms with E-state index in [0.29, 0.717) is 12.5 Å². The standard InChI is InChI=1S/C11H21NO3/c1-7(11(3,4)5)6-12-9(13)8(2)10(14)15/h7-8H,6H2,1-5H3,(H,12,13)(H,14,15). The SMILES string of the molecule is CC(C(=O)O)C(=O)NCC(C)C(C)(C)C. The molecule has 0 fully saturated rings. The summed E-state index contributed by atoms with van der Waals surface area (Å²) in [4.78, 5) is 21.8. The molecule has 4 nitrogen and oxygen atoms in total. The maximum Gasteiger partial charge on any atom is 0.315 e. The molecule has 0 aromatic rings. The smallest absolute Gasteiger partial charge is 0.315 e. The monoisotopic (exact) mass is 215 g/mol. The van der Waals surface area contributed by atoms with Crippen molar-refractivity contribution in [1.29, 1.82) is 0 Å². The van der Waals surface area contributed by atoms with Crippen molar-refractivity contribution in [3.05, 3.63) is 0 Å². The van der Waals surface area contributed by atoms with Crippen molar-refractivity contribution >= 4 is 11.9 Å². The molecule has 0 aromatic carbocycles. The second kappa shape index (κ2) is 5.14. The van der Waals surface area contributed by atoms with E-state index in [2.05, 4.69) is 26.1 Å². The minimum absolute atomic E-state index is 0.111. The average Bonchev–Trinajstić information content (AvgIpc) is 2.10. The third-order valence-electron chi connectivity index (χ3n) is 2.82. The van der Waals surface area contributed by atoms with Crippen molar-refractivity contribution in [2.45, 2.75) is 34.6 Å². The number of nitrogens with one attached hydrogen (secondary N) is 1. The van der Waals surface area contributed by atoms with Gasteiger partial charge in [0, 0.05) is 6.54 Å². The van der Waals surface area contributed by atoms with Crippen LogP contribution in [0.2, 0.25) is 0 Å². The lowest BCUT2D eigenvalue weighted by molar-refractivity contribution is -0.146. The predicted molar refractivity (Wildman–Crippen MR) is 58.4 cm³/mol. The molecule has 0 spiro atoms. The minimum atomic E-state index is -1.09. The van der Waals surface area contributed by atoms with Crippen molar-refractivity contribution in [1.82, 2.24) is 5.32 Å². The van der Waals surface area contributed by atoms with Crippen LogP contribution in [-0.2, 0) is 9.59 Å². The largest absolute Gasteiger partial charge is 0.481 e. The molecule has 4 heteroatoms. The highest BCUT2D eigenvalue weighted by molar-refractivity contribution is 5.96. The van der Waals surface area contributed by atoms with Gasteiger partial charge >= 0.3 is 5.97 Å². The summed E-state index contributed by atoms with van der Waals surface area (Å²) in [6.07, 6.45) is 0. The van der Waals surface area contributed by atoms with Gasteiger partial charge in [0.25, 0.3) is 0 Å². The Kier molecular flexibility index (Phi) is 4.78. The van der Waals surface area contributed by atoms with Crippen LogP contribution < -0.4 is 5.32 Å². The molecule has 88 valence electrons. The van der Waals surface area contributed by atoms with Crippen LogP contribution >= 0.6 is 0 Å². The first-order valence-corrected chi connectivity index (χ1v) is 5.16. The van der Waals surface area contributed by atoms with Gasteiger partial charge in [0.05, 0.1) is 0 Å². The lowest BCUT2D eigenvalue weighted by Crippen LogP contribution is -2.38. The number of aliphatic carboxylic acids is 1. The van der Waals surface area contributed by atoms with E-state index in [1.807, 2.05) is 6.92 Å². The van der Waals surface area contributed by atoms with E-state index in [-0.39, 0.29) is 5.41 Å². The highest BCUT2D eigenvalue weighted by Gasteiger charge is 2.24. The molecule has 2 unspecified atom stereocenters. The summed E-state index contributed by atoms with van der Waals surface area (Å²) in [5.41, 5.74) is 0.111. The Balaban J connectivity index is 4.07. The van der Waals surface area contributed by atoms with Crippen molar-refractivity contribution in [3.8, 4) is 0 Å². The summed E-state index contributed by atoms with van der Waals surface area (Å²) in [5.74, 6) is -2.17. The van der Waals surface area contributed by atoms with Crippen LogP contribution in [0.3, 0.4) is 0 Å². The third-order valence-corrected chi connectivity index (χ3v) is 2.82. The molecule has 0 aromatic heterocycles. The van der Waals surface area contributed by atoms with E-state index in [1.54, 1.807) is 0 Å². The fraction of sp³-hybridized carbons (Fsp3) is 0.818. The molecule has 1 amide bonds. The predicted octanol–water partition coefficient (Wildman–Crippen LogP) is 1.51. The van der Waals surface area contributed by atoms with E-state index in [4.69, 9.17) is 5.11 Å². The Morgan fingerprint density at radius 1 is 1.27 bits per heavy atom. The Hall–Kier alpha value is -1.06. The first-order valence-electron chi connectivity index (χ1n) is 5.16. The zero-order valence-corrected chi connectivity index (χ0v) is 10.1. The van der Waals surface area contributed by atoms with Gasteiger partial charge in [0.2, 0.25) is 5.91 Å². The van der Waals surface area contributed by atoms with Gasteiger partial charge in [0.1, 0.15) is 5.92 Å². The molecule has 0 saturated carbocycles. The number of carbonyl (C=O) groups excluding carboxylic acids is 1. The number of carboxylic acid groups (broad SMARTS) is 1. The second-order valence-corrected chi connectivity index (χ2v) is 5.07. The number of hydrogen-bond donors (Lipinski definition) is 2. The van der Waals surface area contributed by atoms with Gasteiger partial charge in [-0.15, -0.1) is 0 Å². The van der Waals surface area contributed by atoms with Crippen LogP contribution in [0.5, 0.6) is 0 Å². The number of rotatable bonds is 4. The molecular formula is C11H21NO3. The molecule has 0 bridgehead atoms. The first-order chi connectivity index (χ1) is 6.66. The van der Waals surface area contributed by atoms with Gasteiger partial charge in [0.15, 0.2) is 0 Å². The van der Waals surface area contributed by atoms with Gasteiger partial charge in [-0.3, -0.25) is 9.59 Å². The molecule has 0 rings (SSSR count). The molecule has 2 atom stereocenters. The lowest BCUT2D eigenvalue weighted by atomic mass is 9.82. The minimum Gasteiger partial charge on any atom is -0.481 e. The maximum atomic E-state index is 11.3. The highest BCUT2D eigenvalue weighted by atomic mass is 16.4. The number of amides is 1. The van der Waals surface area contributed by atoms with Gasteiger partial charge < -0.3 is 10.4 Å². The molecule has 2 N–H and O–H groups in total. The van der Waals surface area contributed by atoms with Gasteiger partial charge in [-0.2, -0.15) is 0 Å². The summed E-state index contributed by atoms with van der Waals surface area (Å²) in [5, 5.41) is 11.3. The second-order valence-electron chi connectivity index (χ2n) is 5.07. The lowest BCUT2D eigenvalue weighted by Gasteiger charge is -2.27. The van der Waals surface area contributed by atoms with Crippen molar-refractivity contribution in [3.63, 3.8) is 0 Å². The quantitative estimate of drug-likeness (QED) is 0.698. The van der Waals surface area contributed by atoms with Gasteiger partial charge in [-0.25, -0.2) is 0 Å². The summed E-state index contributed by atoms with van der Waals surface area (Å²) < 4.78 is 0. The normalized spacial score (nSPS) is 15.5. The van der Waals surface area contributed by atoms with E-state index in [9.17, 15) is 9.59 Å². The van der Waals surface area contributed by atoms with Crippen LogP contribution in [0.1, 0.15) is 34.6 Å². The van der Waals surface area contributed by atoms with Crippen LogP contribution in [0.15, 0.2) is 0 Å². The Morgan fingerprint density at radius 2 is 1.73 bits per heavy atom. The zero-order valence-electron chi connectivity index (χ0n) is 10.1. The van der Waals surface area contributed by atoms with E-state index < -0.39 is 17.8 Å². The van der Waals surface area contributed by atoms with Crippen LogP contribution in [0.4, 0.5) is 0 Å². The van der Waals surface area contributed by atoms with Crippen molar-refractivity contribution in [2.24, 2.45) is 17.3 Å². The zero-order chi connectivity index (χ0) is 12.2. The maximum absolute atomic E-state index is 11.3. The first kappa shape index (κ1) is 13.9. The fourth-order valence-electron chi connectivity index (χ4n) is 0.825. The van der Waals surface area contributed by atoms with Crippen LogP contribution in [-0.4, -0.2) is 23.5 Å². The molecule has 0 aliphatic rings. The van der Waals surface area contributed by atoms with E-state index >= 15 is 0 Å². The summed E-state index contributed by atoms with van der Waals surface area (Å²) in [7, 11) is 0. The van der Waals surface area contributed by atoms with E-state index in [0.717, 1.165) is 0 Å². The van der Waals surface area contributed by atoms with Crippen LogP contribution in [0.25, 0.3) is 0 Å². The molecule has 0 heterocycles.